The van der Waals surface area contributed by atoms with Crippen molar-refractivity contribution in [1.29, 1.82) is 0 Å². The van der Waals surface area contributed by atoms with Crippen LogP contribution in [0.2, 0.25) is 0 Å². The van der Waals surface area contributed by atoms with Crippen LogP contribution in [-0.2, 0) is 9.59 Å². The van der Waals surface area contributed by atoms with Gasteiger partial charge in [0.2, 0.25) is 0 Å². The van der Waals surface area contributed by atoms with Crippen molar-refractivity contribution >= 4 is 11.9 Å². The number of hydrogen-bond donors (Lipinski definition) is 1. The lowest BCUT2D eigenvalue weighted by Crippen LogP contribution is -2.57. The number of amides is 1. The summed E-state index contributed by atoms with van der Waals surface area (Å²) in [5, 5.41) is 9.01. The average molecular weight is 279 g/mol. The lowest BCUT2D eigenvalue weighted by molar-refractivity contribution is -0.193. The van der Waals surface area contributed by atoms with Crippen LogP contribution in [-0.4, -0.2) is 40.6 Å². The summed E-state index contributed by atoms with van der Waals surface area (Å²) in [5.41, 5.74) is 0. The standard InChI is InChI=1S/C12H16F3NO3/c13-12(14,15)11(19)16-6-8(10(17)18)5-7-3-1-2-4-9(7)16/h7-9H,1-6H2,(H,17,18)/t7-,8+,9+/m0/s1. The van der Waals surface area contributed by atoms with E-state index in [1.165, 1.54) is 0 Å². The molecular weight excluding hydrogens is 263 g/mol. The predicted octanol–water partition coefficient (Wildman–Crippen LogP) is 2.04. The zero-order chi connectivity index (χ0) is 14.2. The molecule has 0 radical (unpaired) electrons. The summed E-state index contributed by atoms with van der Waals surface area (Å²) >= 11 is 0. The summed E-state index contributed by atoms with van der Waals surface area (Å²) in [6.07, 6.45) is -1.62. The van der Waals surface area contributed by atoms with E-state index in [1.54, 1.807) is 0 Å². The number of halogens is 3. The molecule has 2 fully saturated rings. The molecule has 1 saturated carbocycles. The fraction of sp³-hybridized carbons (Fsp3) is 0.833. The van der Waals surface area contributed by atoms with Gasteiger partial charge in [0.15, 0.2) is 0 Å². The van der Waals surface area contributed by atoms with Crippen LogP contribution in [0, 0.1) is 11.8 Å². The molecule has 0 aromatic carbocycles. The van der Waals surface area contributed by atoms with Gasteiger partial charge in [0.1, 0.15) is 0 Å². The molecule has 0 unspecified atom stereocenters. The third-order valence-corrected chi connectivity index (χ3v) is 4.13. The monoisotopic (exact) mass is 279 g/mol. The second kappa shape index (κ2) is 5.02. The number of aliphatic carboxylic acids is 1. The number of hydrogen-bond acceptors (Lipinski definition) is 2. The molecule has 0 aromatic heterocycles. The Morgan fingerprint density at radius 3 is 2.37 bits per heavy atom. The number of rotatable bonds is 1. The van der Waals surface area contributed by atoms with E-state index in [0.29, 0.717) is 19.3 Å². The fourth-order valence-electron chi connectivity index (χ4n) is 3.26. The average Bonchev–Trinajstić information content (AvgIpc) is 2.35. The van der Waals surface area contributed by atoms with Crippen LogP contribution in [0.15, 0.2) is 0 Å². The molecule has 1 amide bonds. The number of likely N-dealkylation sites (tertiary alicyclic amines) is 1. The zero-order valence-electron chi connectivity index (χ0n) is 10.3. The van der Waals surface area contributed by atoms with Crippen LogP contribution in [0.5, 0.6) is 0 Å². The zero-order valence-corrected chi connectivity index (χ0v) is 10.3. The number of carboxylic acids is 1. The molecule has 1 N–H and O–H groups in total. The molecule has 3 atom stereocenters. The molecule has 4 nitrogen and oxygen atoms in total. The topological polar surface area (TPSA) is 57.6 Å². The summed E-state index contributed by atoms with van der Waals surface area (Å²) in [7, 11) is 0. The summed E-state index contributed by atoms with van der Waals surface area (Å²) in [6.45, 7) is -0.325. The molecule has 108 valence electrons. The summed E-state index contributed by atoms with van der Waals surface area (Å²) in [6, 6.07) is -0.446. The normalized spacial score (nSPS) is 31.7. The lowest BCUT2D eigenvalue weighted by atomic mass is 9.75. The van der Waals surface area contributed by atoms with Gasteiger partial charge < -0.3 is 10.0 Å². The smallest absolute Gasteiger partial charge is 0.471 e. The minimum atomic E-state index is -4.93. The van der Waals surface area contributed by atoms with Gasteiger partial charge in [-0.05, 0) is 25.2 Å². The van der Waals surface area contributed by atoms with Crippen LogP contribution in [0.1, 0.15) is 32.1 Å². The number of piperidine rings is 1. The first kappa shape index (κ1) is 14.1. The van der Waals surface area contributed by atoms with Crippen molar-refractivity contribution in [2.45, 2.75) is 44.3 Å². The molecule has 2 rings (SSSR count). The van der Waals surface area contributed by atoms with Crippen molar-refractivity contribution < 1.29 is 27.9 Å². The summed E-state index contributed by atoms with van der Waals surface area (Å²) in [5.74, 6) is -4.01. The first-order valence-electron chi connectivity index (χ1n) is 6.41. The van der Waals surface area contributed by atoms with Crippen LogP contribution >= 0.6 is 0 Å². The number of carbonyl (C=O) groups excluding carboxylic acids is 1. The first-order chi connectivity index (χ1) is 8.80. The molecule has 1 saturated heterocycles. The SMILES string of the molecule is O=C(O)[C@@H]1C[C@@H]2CCCC[C@H]2N(C(=O)C(F)(F)F)C1. The van der Waals surface area contributed by atoms with E-state index in [9.17, 15) is 22.8 Å². The van der Waals surface area contributed by atoms with E-state index in [4.69, 9.17) is 5.11 Å². The van der Waals surface area contributed by atoms with Gasteiger partial charge >= 0.3 is 18.1 Å². The molecule has 19 heavy (non-hydrogen) atoms. The molecule has 1 heterocycles. The maximum Gasteiger partial charge on any atom is 0.471 e. The highest BCUT2D eigenvalue weighted by Gasteiger charge is 2.50. The van der Waals surface area contributed by atoms with Gasteiger partial charge in [-0.1, -0.05) is 12.8 Å². The molecule has 1 aliphatic carbocycles. The third-order valence-electron chi connectivity index (χ3n) is 4.13. The van der Waals surface area contributed by atoms with Gasteiger partial charge in [0.05, 0.1) is 5.92 Å². The molecule has 0 aromatic rings. The lowest BCUT2D eigenvalue weighted by Gasteiger charge is -2.46. The van der Waals surface area contributed by atoms with Gasteiger partial charge in [-0.2, -0.15) is 13.2 Å². The van der Waals surface area contributed by atoms with Gasteiger partial charge in [-0.15, -0.1) is 0 Å². The van der Waals surface area contributed by atoms with Crippen LogP contribution in [0.25, 0.3) is 0 Å². The van der Waals surface area contributed by atoms with Gasteiger partial charge in [-0.25, -0.2) is 0 Å². The Morgan fingerprint density at radius 2 is 1.79 bits per heavy atom. The Bertz CT molecular complexity index is 383. The van der Waals surface area contributed by atoms with E-state index in [1.807, 2.05) is 0 Å². The maximum atomic E-state index is 12.6. The number of carbonyl (C=O) groups is 2. The Balaban J connectivity index is 2.22. The first-order valence-corrected chi connectivity index (χ1v) is 6.41. The molecule has 2 aliphatic rings. The van der Waals surface area contributed by atoms with Crippen molar-refractivity contribution in [2.24, 2.45) is 11.8 Å². The van der Waals surface area contributed by atoms with Crippen molar-refractivity contribution in [3.05, 3.63) is 0 Å². The minimum absolute atomic E-state index is 0.116. The number of alkyl halides is 3. The molecular formula is C12H16F3NO3. The van der Waals surface area contributed by atoms with Crippen LogP contribution in [0.3, 0.4) is 0 Å². The van der Waals surface area contributed by atoms with E-state index in [2.05, 4.69) is 0 Å². The van der Waals surface area contributed by atoms with Crippen molar-refractivity contribution in [1.82, 2.24) is 4.90 Å². The molecule has 0 bridgehead atoms. The van der Waals surface area contributed by atoms with Gasteiger partial charge in [0.25, 0.3) is 0 Å². The van der Waals surface area contributed by atoms with Gasteiger partial charge in [0, 0.05) is 12.6 Å². The Morgan fingerprint density at radius 1 is 1.16 bits per heavy atom. The summed E-state index contributed by atoms with van der Waals surface area (Å²) < 4.78 is 37.7. The Labute approximate surface area is 108 Å². The van der Waals surface area contributed by atoms with E-state index in [-0.39, 0.29) is 12.5 Å². The van der Waals surface area contributed by atoms with Crippen LogP contribution in [0.4, 0.5) is 13.2 Å². The second-order valence-corrected chi connectivity index (χ2v) is 5.34. The van der Waals surface area contributed by atoms with E-state index in [0.717, 1.165) is 17.7 Å². The Hall–Kier alpha value is -1.27. The number of nitrogens with zero attached hydrogens (tertiary/aromatic N) is 1. The highest BCUT2D eigenvalue weighted by Crippen LogP contribution is 2.39. The van der Waals surface area contributed by atoms with Crippen molar-refractivity contribution in [2.75, 3.05) is 6.54 Å². The highest BCUT2D eigenvalue weighted by molar-refractivity contribution is 5.83. The number of fused-ring (bicyclic) bond motifs is 1. The second-order valence-electron chi connectivity index (χ2n) is 5.34. The number of carboxylic acid groups (broad SMARTS) is 1. The largest absolute Gasteiger partial charge is 0.481 e. The highest BCUT2D eigenvalue weighted by atomic mass is 19.4. The quantitative estimate of drug-likeness (QED) is 0.799. The fourth-order valence-corrected chi connectivity index (χ4v) is 3.26. The van der Waals surface area contributed by atoms with Crippen molar-refractivity contribution in [3.8, 4) is 0 Å². The minimum Gasteiger partial charge on any atom is -0.481 e. The van der Waals surface area contributed by atoms with Crippen molar-refractivity contribution in [3.63, 3.8) is 0 Å². The Kier molecular flexibility index (Phi) is 3.73. The van der Waals surface area contributed by atoms with Crippen LogP contribution < -0.4 is 0 Å². The van der Waals surface area contributed by atoms with E-state index >= 15 is 0 Å². The predicted molar refractivity (Wildman–Crippen MR) is 59.3 cm³/mol. The third kappa shape index (κ3) is 2.84. The summed E-state index contributed by atoms with van der Waals surface area (Å²) in [4.78, 5) is 23.2. The van der Waals surface area contributed by atoms with Gasteiger partial charge in [-0.3, -0.25) is 9.59 Å². The maximum absolute atomic E-state index is 12.6. The molecule has 1 aliphatic heterocycles. The van der Waals surface area contributed by atoms with E-state index < -0.39 is 30.0 Å². The molecule has 0 spiro atoms. The molecule has 7 heteroatoms.